The molecule has 0 unspecified atom stereocenters. The highest BCUT2D eigenvalue weighted by Gasteiger charge is 2.32. The number of aliphatic hydroxyl groups is 1. The quantitative estimate of drug-likeness (QED) is 0.914. The van der Waals surface area contributed by atoms with Crippen molar-refractivity contribution in [3.8, 4) is 11.5 Å². The topological polar surface area (TPSA) is 41.9 Å². The summed E-state index contributed by atoms with van der Waals surface area (Å²) in [5.41, 5.74) is 1.86. The van der Waals surface area contributed by atoms with Crippen LogP contribution >= 0.6 is 0 Å². The first-order chi connectivity index (χ1) is 11.6. The van der Waals surface area contributed by atoms with E-state index in [1.165, 1.54) is 6.07 Å². The van der Waals surface area contributed by atoms with Crippen LogP contribution in [0.25, 0.3) is 0 Å². The van der Waals surface area contributed by atoms with Crippen molar-refractivity contribution in [1.29, 1.82) is 0 Å². The Balaban J connectivity index is 1.88. The molecule has 0 aromatic heterocycles. The molecule has 5 heteroatoms. The van der Waals surface area contributed by atoms with Gasteiger partial charge in [0.15, 0.2) is 11.5 Å². The molecule has 0 bridgehead atoms. The minimum atomic E-state index is -0.421. The number of halogens is 1. The predicted octanol–water partition coefficient (Wildman–Crippen LogP) is 3.15. The molecule has 1 heterocycles. The first-order valence-electron chi connectivity index (χ1n) is 7.99. The number of benzene rings is 2. The molecule has 2 aromatic rings. The van der Waals surface area contributed by atoms with Gasteiger partial charge in [0, 0.05) is 24.7 Å². The zero-order chi connectivity index (χ0) is 17.1. The Morgan fingerprint density at radius 2 is 1.96 bits per heavy atom. The van der Waals surface area contributed by atoms with E-state index >= 15 is 0 Å². The highest BCUT2D eigenvalue weighted by atomic mass is 19.1. The van der Waals surface area contributed by atoms with E-state index in [4.69, 9.17) is 9.47 Å². The second-order valence-corrected chi connectivity index (χ2v) is 6.04. The van der Waals surface area contributed by atoms with Crippen LogP contribution in [0.1, 0.15) is 23.6 Å². The van der Waals surface area contributed by atoms with Crippen LogP contribution in [0.3, 0.4) is 0 Å². The number of rotatable bonds is 5. The fourth-order valence-corrected chi connectivity index (χ4v) is 3.41. The summed E-state index contributed by atoms with van der Waals surface area (Å²) in [6.07, 6.45) is 0.172. The molecule has 1 N–H and O–H groups in total. The second-order valence-electron chi connectivity index (χ2n) is 6.04. The van der Waals surface area contributed by atoms with Gasteiger partial charge in [-0.15, -0.1) is 0 Å². The number of ether oxygens (including phenoxy) is 2. The van der Waals surface area contributed by atoms with Crippen LogP contribution in [0.2, 0.25) is 0 Å². The molecule has 2 atom stereocenters. The standard InChI is InChI=1S/C19H22FNO3/c1-23-18-8-4-6-14(19(18)24-2)11-21-12-16(22)10-17(21)13-5-3-7-15(20)9-13/h3-9,16-17,22H,10-12H2,1-2H3/t16-,17+/m0/s1. The maximum atomic E-state index is 13.6. The van der Waals surface area contributed by atoms with Crippen LogP contribution < -0.4 is 9.47 Å². The van der Waals surface area contributed by atoms with E-state index in [1.54, 1.807) is 26.4 Å². The molecular weight excluding hydrogens is 309 g/mol. The normalized spacial score (nSPS) is 21.0. The molecule has 1 saturated heterocycles. The Kier molecular flexibility index (Phi) is 5.02. The molecule has 128 valence electrons. The van der Waals surface area contributed by atoms with E-state index in [2.05, 4.69) is 4.90 Å². The Morgan fingerprint density at radius 1 is 1.17 bits per heavy atom. The van der Waals surface area contributed by atoms with Gasteiger partial charge >= 0.3 is 0 Å². The first kappa shape index (κ1) is 16.7. The summed E-state index contributed by atoms with van der Waals surface area (Å²) in [6.45, 7) is 1.14. The van der Waals surface area contributed by atoms with E-state index in [9.17, 15) is 9.50 Å². The lowest BCUT2D eigenvalue weighted by Gasteiger charge is -2.25. The third-order valence-corrected chi connectivity index (χ3v) is 4.47. The molecule has 0 aliphatic carbocycles. The largest absolute Gasteiger partial charge is 0.493 e. The molecule has 2 aromatic carbocycles. The van der Waals surface area contributed by atoms with Crippen LogP contribution in [0.15, 0.2) is 42.5 Å². The number of aliphatic hydroxyl groups excluding tert-OH is 1. The van der Waals surface area contributed by atoms with E-state index in [-0.39, 0.29) is 11.9 Å². The Hall–Kier alpha value is -2.11. The SMILES string of the molecule is COc1cccc(CN2C[C@@H](O)C[C@@H]2c2cccc(F)c2)c1OC. The summed E-state index contributed by atoms with van der Waals surface area (Å²) in [5.74, 6) is 1.12. The summed E-state index contributed by atoms with van der Waals surface area (Å²) in [7, 11) is 3.22. The second kappa shape index (κ2) is 7.20. The number of hydrogen-bond donors (Lipinski definition) is 1. The molecule has 0 saturated carbocycles. The molecule has 3 rings (SSSR count). The number of nitrogens with zero attached hydrogens (tertiary/aromatic N) is 1. The lowest BCUT2D eigenvalue weighted by molar-refractivity contribution is 0.172. The maximum Gasteiger partial charge on any atom is 0.165 e. The van der Waals surface area contributed by atoms with Crippen molar-refractivity contribution < 1.29 is 19.0 Å². The fraction of sp³-hybridized carbons (Fsp3) is 0.368. The van der Waals surface area contributed by atoms with Gasteiger partial charge in [-0.25, -0.2) is 4.39 Å². The number of methoxy groups -OCH3 is 2. The molecule has 0 spiro atoms. The minimum absolute atomic E-state index is 0.0217. The van der Waals surface area contributed by atoms with Gasteiger partial charge in [0.2, 0.25) is 0 Å². The summed E-state index contributed by atoms with van der Waals surface area (Å²) in [5, 5.41) is 10.1. The van der Waals surface area contributed by atoms with Gasteiger partial charge in [-0.2, -0.15) is 0 Å². The number of likely N-dealkylation sites (tertiary alicyclic amines) is 1. The van der Waals surface area contributed by atoms with Crippen LogP contribution in [0.4, 0.5) is 4.39 Å². The van der Waals surface area contributed by atoms with Crippen molar-refractivity contribution in [2.75, 3.05) is 20.8 Å². The fourth-order valence-electron chi connectivity index (χ4n) is 3.41. The van der Waals surface area contributed by atoms with Crippen LogP contribution in [0.5, 0.6) is 11.5 Å². The highest BCUT2D eigenvalue weighted by molar-refractivity contribution is 5.46. The molecule has 24 heavy (non-hydrogen) atoms. The Morgan fingerprint density at radius 3 is 2.67 bits per heavy atom. The van der Waals surface area contributed by atoms with E-state index < -0.39 is 6.10 Å². The van der Waals surface area contributed by atoms with Gasteiger partial charge in [0.05, 0.1) is 20.3 Å². The molecule has 4 nitrogen and oxygen atoms in total. The number of hydrogen-bond acceptors (Lipinski definition) is 4. The summed E-state index contributed by atoms with van der Waals surface area (Å²) < 4.78 is 24.4. The lowest BCUT2D eigenvalue weighted by Crippen LogP contribution is -2.24. The summed E-state index contributed by atoms with van der Waals surface area (Å²) in [4.78, 5) is 2.15. The molecule has 1 aliphatic rings. The van der Waals surface area contributed by atoms with Crippen LogP contribution in [0, 0.1) is 5.82 Å². The maximum absolute atomic E-state index is 13.6. The van der Waals surface area contributed by atoms with Crippen LogP contribution in [-0.2, 0) is 6.54 Å². The minimum Gasteiger partial charge on any atom is -0.493 e. The summed E-state index contributed by atoms with van der Waals surface area (Å²) in [6, 6.07) is 12.3. The Bertz CT molecular complexity index is 707. The van der Waals surface area contributed by atoms with Crippen molar-refractivity contribution in [1.82, 2.24) is 4.90 Å². The zero-order valence-electron chi connectivity index (χ0n) is 13.9. The van der Waals surface area contributed by atoms with E-state index in [0.717, 1.165) is 11.1 Å². The van der Waals surface area contributed by atoms with Crippen molar-refractivity contribution in [3.63, 3.8) is 0 Å². The van der Waals surface area contributed by atoms with Crippen molar-refractivity contribution in [2.24, 2.45) is 0 Å². The lowest BCUT2D eigenvalue weighted by atomic mass is 10.0. The third-order valence-electron chi connectivity index (χ3n) is 4.47. The van der Waals surface area contributed by atoms with Crippen molar-refractivity contribution in [2.45, 2.75) is 25.1 Å². The van der Waals surface area contributed by atoms with Gasteiger partial charge in [-0.3, -0.25) is 4.90 Å². The smallest absolute Gasteiger partial charge is 0.165 e. The summed E-state index contributed by atoms with van der Waals surface area (Å²) >= 11 is 0. The average molecular weight is 331 g/mol. The molecule has 1 fully saturated rings. The van der Waals surface area contributed by atoms with Gasteiger partial charge < -0.3 is 14.6 Å². The van der Waals surface area contributed by atoms with Gasteiger partial charge in [0.1, 0.15) is 5.82 Å². The molecule has 0 amide bonds. The third kappa shape index (κ3) is 3.37. The molecule has 1 aliphatic heterocycles. The molecular formula is C19H22FNO3. The van der Waals surface area contributed by atoms with Gasteiger partial charge in [-0.05, 0) is 30.2 Å². The Labute approximate surface area is 141 Å². The first-order valence-corrected chi connectivity index (χ1v) is 7.99. The van der Waals surface area contributed by atoms with Crippen molar-refractivity contribution in [3.05, 3.63) is 59.4 Å². The van der Waals surface area contributed by atoms with Crippen molar-refractivity contribution >= 4 is 0 Å². The number of β-amino-alcohol motifs (C(OH)–C–C–N with tert-alkyl or cyclic N) is 1. The monoisotopic (exact) mass is 331 g/mol. The molecule has 0 radical (unpaired) electrons. The van der Waals surface area contributed by atoms with E-state index in [0.29, 0.717) is 31.0 Å². The zero-order valence-corrected chi connectivity index (χ0v) is 13.9. The van der Waals surface area contributed by atoms with Gasteiger partial charge in [0.25, 0.3) is 0 Å². The van der Waals surface area contributed by atoms with E-state index in [1.807, 2.05) is 24.3 Å². The predicted molar refractivity (Wildman–Crippen MR) is 89.7 cm³/mol. The van der Waals surface area contributed by atoms with Gasteiger partial charge in [-0.1, -0.05) is 24.3 Å². The highest BCUT2D eigenvalue weighted by Crippen LogP contribution is 2.37. The average Bonchev–Trinajstić information content (AvgIpc) is 2.95. The van der Waals surface area contributed by atoms with Crippen LogP contribution in [-0.4, -0.2) is 36.9 Å². The number of para-hydroxylation sites is 1.